The van der Waals surface area contributed by atoms with Crippen LogP contribution in [0.4, 0.5) is 5.69 Å². The predicted octanol–water partition coefficient (Wildman–Crippen LogP) is 3.45. The van der Waals surface area contributed by atoms with Gasteiger partial charge in [0.2, 0.25) is 0 Å². The predicted molar refractivity (Wildman–Crippen MR) is 63.3 cm³/mol. The lowest BCUT2D eigenvalue weighted by molar-refractivity contribution is 1.39. The van der Waals surface area contributed by atoms with Gasteiger partial charge in [0, 0.05) is 10.6 Å². The molecule has 2 heteroatoms. The van der Waals surface area contributed by atoms with Gasteiger partial charge in [-0.2, -0.15) is 0 Å². The normalized spacial score (nSPS) is 8.62. The monoisotopic (exact) mass is 195 g/mol. The molecule has 0 bridgehead atoms. The Kier molecular flexibility index (Phi) is 5.31. The van der Waals surface area contributed by atoms with Crippen LogP contribution in [0.2, 0.25) is 0 Å². The van der Waals surface area contributed by atoms with E-state index in [9.17, 15) is 0 Å². The first-order chi connectivity index (χ1) is 5.93. The van der Waals surface area contributed by atoms with Gasteiger partial charge in [-0.15, -0.1) is 19.2 Å². The molecule has 13 heavy (non-hydrogen) atoms. The molecular weight excluding hydrogens is 178 g/mol. The molecule has 0 saturated heterocycles. The molecule has 0 amide bonds. The molecular formula is C11H17NS. The van der Waals surface area contributed by atoms with Crippen LogP contribution >= 0.6 is 12.6 Å². The van der Waals surface area contributed by atoms with Crippen molar-refractivity contribution in [3.63, 3.8) is 0 Å². The SMILES string of the molecule is C=C(C)C.Cc1ccc(S)c(N)c1. The zero-order chi connectivity index (χ0) is 10.4. The minimum atomic E-state index is 0.748. The van der Waals surface area contributed by atoms with Gasteiger partial charge in [-0.05, 0) is 38.5 Å². The number of hydrogen-bond donors (Lipinski definition) is 2. The summed E-state index contributed by atoms with van der Waals surface area (Å²) in [5, 5.41) is 0. The highest BCUT2D eigenvalue weighted by Crippen LogP contribution is 2.16. The molecule has 0 atom stereocenters. The van der Waals surface area contributed by atoms with Crippen LogP contribution in [0.1, 0.15) is 19.4 Å². The number of nitrogens with two attached hydrogens (primary N) is 1. The molecule has 0 spiro atoms. The Bertz CT molecular complexity index is 288. The Morgan fingerprint density at radius 3 is 2.15 bits per heavy atom. The van der Waals surface area contributed by atoms with E-state index in [2.05, 4.69) is 19.2 Å². The molecule has 0 fully saturated rings. The van der Waals surface area contributed by atoms with Crippen LogP contribution in [0, 0.1) is 6.92 Å². The Hall–Kier alpha value is -0.890. The van der Waals surface area contributed by atoms with Crippen molar-refractivity contribution in [3.05, 3.63) is 35.9 Å². The van der Waals surface area contributed by atoms with Crippen molar-refractivity contribution < 1.29 is 0 Å². The fourth-order valence-electron chi connectivity index (χ4n) is 0.674. The molecule has 1 aromatic rings. The minimum absolute atomic E-state index is 0.748. The first kappa shape index (κ1) is 12.1. The van der Waals surface area contributed by atoms with E-state index in [1.54, 1.807) is 0 Å². The highest BCUT2D eigenvalue weighted by Gasteiger charge is 1.90. The summed E-state index contributed by atoms with van der Waals surface area (Å²) in [6.45, 7) is 9.50. The second-order valence-electron chi connectivity index (χ2n) is 3.27. The summed E-state index contributed by atoms with van der Waals surface area (Å²) in [6.07, 6.45) is 0. The lowest BCUT2D eigenvalue weighted by Gasteiger charge is -1.97. The Balaban J connectivity index is 0.000000310. The lowest BCUT2D eigenvalue weighted by Crippen LogP contribution is -1.86. The van der Waals surface area contributed by atoms with Crippen molar-refractivity contribution >= 4 is 18.3 Å². The summed E-state index contributed by atoms with van der Waals surface area (Å²) in [5.74, 6) is 0. The zero-order valence-corrected chi connectivity index (χ0v) is 9.36. The first-order valence-corrected chi connectivity index (χ1v) is 4.55. The van der Waals surface area contributed by atoms with Gasteiger partial charge in [0.15, 0.2) is 0 Å². The van der Waals surface area contributed by atoms with E-state index in [-0.39, 0.29) is 0 Å². The Labute approximate surface area is 86.1 Å². The second-order valence-corrected chi connectivity index (χ2v) is 3.75. The van der Waals surface area contributed by atoms with Crippen molar-refractivity contribution in [1.29, 1.82) is 0 Å². The van der Waals surface area contributed by atoms with E-state index in [0.717, 1.165) is 10.6 Å². The maximum absolute atomic E-state index is 5.54. The molecule has 2 N–H and O–H groups in total. The maximum atomic E-state index is 5.54. The summed E-state index contributed by atoms with van der Waals surface area (Å²) in [4.78, 5) is 0.848. The fraction of sp³-hybridized carbons (Fsp3) is 0.273. The van der Waals surface area contributed by atoms with Gasteiger partial charge in [-0.1, -0.05) is 11.6 Å². The van der Waals surface area contributed by atoms with Crippen molar-refractivity contribution in [2.24, 2.45) is 0 Å². The van der Waals surface area contributed by atoms with E-state index in [1.807, 2.05) is 39.0 Å². The van der Waals surface area contributed by atoms with Crippen molar-refractivity contribution in [2.45, 2.75) is 25.7 Å². The lowest BCUT2D eigenvalue weighted by atomic mass is 10.2. The number of allylic oxidation sites excluding steroid dienone is 1. The van der Waals surface area contributed by atoms with Crippen LogP contribution in [-0.4, -0.2) is 0 Å². The fourth-order valence-corrected chi connectivity index (χ4v) is 0.813. The van der Waals surface area contributed by atoms with Gasteiger partial charge in [-0.3, -0.25) is 0 Å². The van der Waals surface area contributed by atoms with Gasteiger partial charge in [0.1, 0.15) is 0 Å². The Morgan fingerprint density at radius 1 is 1.38 bits per heavy atom. The molecule has 0 saturated carbocycles. The topological polar surface area (TPSA) is 26.0 Å². The third kappa shape index (κ3) is 6.29. The largest absolute Gasteiger partial charge is 0.398 e. The van der Waals surface area contributed by atoms with E-state index in [4.69, 9.17) is 5.73 Å². The molecule has 72 valence electrons. The number of hydrogen-bond acceptors (Lipinski definition) is 2. The number of anilines is 1. The van der Waals surface area contributed by atoms with E-state index in [1.165, 1.54) is 11.1 Å². The zero-order valence-electron chi connectivity index (χ0n) is 8.46. The standard InChI is InChI=1S/C7H9NS.C4H8/c1-5-2-3-7(9)6(8)4-5;1-4(2)3/h2-4,9H,8H2,1H3;1H2,2-3H3. The van der Waals surface area contributed by atoms with Crippen molar-refractivity contribution in [3.8, 4) is 0 Å². The van der Waals surface area contributed by atoms with Crippen LogP contribution in [-0.2, 0) is 0 Å². The molecule has 1 rings (SSSR count). The average molecular weight is 195 g/mol. The molecule has 0 radical (unpaired) electrons. The van der Waals surface area contributed by atoms with Crippen LogP contribution in [0.3, 0.4) is 0 Å². The molecule has 0 heterocycles. The molecule has 0 aliphatic rings. The summed E-state index contributed by atoms with van der Waals surface area (Å²) in [6, 6.07) is 5.79. The Morgan fingerprint density at radius 2 is 1.85 bits per heavy atom. The van der Waals surface area contributed by atoms with E-state index < -0.39 is 0 Å². The van der Waals surface area contributed by atoms with E-state index in [0.29, 0.717) is 0 Å². The van der Waals surface area contributed by atoms with Crippen LogP contribution in [0.5, 0.6) is 0 Å². The number of thiol groups is 1. The third-order valence-corrected chi connectivity index (χ3v) is 1.59. The van der Waals surface area contributed by atoms with Gasteiger partial charge >= 0.3 is 0 Å². The van der Waals surface area contributed by atoms with Crippen molar-refractivity contribution in [1.82, 2.24) is 0 Å². The van der Waals surface area contributed by atoms with Gasteiger partial charge in [0.05, 0.1) is 0 Å². The molecule has 1 nitrogen and oxygen atoms in total. The smallest absolute Gasteiger partial charge is 0.0452 e. The van der Waals surface area contributed by atoms with Crippen LogP contribution < -0.4 is 5.73 Å². The van der Waals surface area contributed by atoms with E-state index >= 15 is 0 Å². The average Bonchev–Trinajstić information content (AvgIpc) is 1.96. The van der Waals surface area contributed by atoms with Gasteiger partial charge < -0.3 is 5.73 Å². The number of nitrogen functional groups attached to an aromatic ring is 1. The molecule has 0 aliphatic carbocycles. The number of benzene rings is 1. The maximum Gasteiger partial charge on any atom is 0.0452 e. The summed E-state index contributed by atoms with van der Waals surface area (Å²) >= 11 is 4.12. The quantitative estimate of drug-likeness (QED) is 0.370. The second kappa shape index (κ2) is 5.70. The highest BCUT2D eigenvalue weighted by molar-refractivity contribution is 7.80. The first-order valence-electron chi connectivity index (χ1n) is 4.10. The highest BCUT2D eigenvalue weighted by atomic mass is 32.1. The van der Waals surface area contributed by atoms with Crippen LogP contribution in [0.15, 0.2) is 35.2 Å². The minimum Gasteiger partial charge on any atom is -0.398 e. The summed E-state index contributed by atoms with van der Waals surface area (Å²) in [7, 11) is 0. The molecule has 0 aliphatic heterocycles. The molecule has 0 aromatic heterocycles. The molecule has 1 aromatic carbocycles. The van der Waals surface area contributed by atoms with Crippen molar-refractivity contribution in [2.75, 3.05) is 5.73 Å². The summed E-state index contributed by atoms with van der Waals surface area (Å²) in [5.41, 5.74) is 8.63. The number of rotatable bonds is 0. The summed E-state index contributed by atoms with van der Waals surface area (Å²) < 4.78 is 0. The van der Waals surface area contributed by atoms with Gasteiger partial charge in [0.25, 0.3) is 0 Å². The molecule has 0 unspecified atom stereocenters. The van der Waals surface area contributed by atoms with Gasteiger partial charge in [-0.25, -0.2) is 0 Å². The number of aryl methyl sites for hydroxylation is 1. The third-order valence-electron chi connectivity index (χ3n) is 1.18. The van der Waals surface area contributed by atoms with Crippen LogP contribution in [0.25, 0.3) is 0 Å².